The van der Waals surface area contributed by atoms with Gasteiger partial charge < -0.3 is 20.0 Å². The van der Waals surface area contributed by atoms with Crippen molar-refractivity contribution in [2.75, 3.05) is 5.73 Å². The number of anilines is 1. The van der Waals surface area contributed by atoms with E-state index in [0.29, 0.717) is 22.2 Å². The molecular formula is C20H20ClN3O3. The molecule has 1 saturated carbocycles. The molecule has 3 aromatic rings. The molecule has 1 amide bonds. The Morgan fingerprint density at radius 3 is 2.70 bits per heavy atom. The summed E-state index contributed by atoms with van der Waals surface area (Å²) in [4.78, 5) is 12.8. The molecule has 140 valence electrons. The van der Waals surface area contributed by atoms with Crippen LogP contribution in [0.2, 0.25) is 5.02 Å². The van der Waals surface area contributed by atoms with Crippen molar-refractivity contribution in [2.45, 2.75) is 38.1 Å². The van der Waals surface area contributed by atoms with E-state index in [4.69, 9.17) is 26.3 Å². The third kappa shape index (κ3) is 3.71. The van der Waals surface area contributed by atoms with E-state index in [1.165, 1.54) is 6.42 Å². The minimum absolute atomic E-state index is 0.0148. The van der Waals surface area contributed by atoms with Gasteiger partial charge in [0.2, 0.25) is 5.88 Å². The summed E-state index contributed by atoms with van der Waals surface area (Å²) < 4.78 is 11.0. The first kappa shape index (κ1) is 17.7. The fourth-order valence-corrected chi connectivity index (χ4v) is 3.65. The zero-order valence-corrected chi connectivity index (χ0v) is 15.5. The second-order valence-electron chi connectivity index (χ2n) is 6.75. The van der Waals surface area contributed by atoms with E-state index in [0.717, 1.165) is 31.2 Å². The van der Waals surface area contributed by atoms with Crippen molar-refractivity contribution < 1.29 is 13.7 Å². The van der Waals surface area contributed by atoms with Crippen LogP contribution in [0.5, 0.6) is 0 Å². The first-order valence-electron chi connectivity index (χ1n) is 9.04. The summed E-state index contributed by atoms with van der Waals surface area (Å²) in [7, 11) is 0. The summed E-state index contributed by atoms with van der Waals surface area (Å²) in [5.41, 5.74) is 7.22. The van der Waals surface area contributed by atoms with Crippen LogP contribution in [-0.2, 0) is 0 Å². The summed E-state index contributed by atoms with van der Waals surface area (Å²) in [5, 5.41) is 7.60. The van der Waals surface area contributed by atoms with Crippen LogP contribution in [0.3, 0.4) is 0 Å². The van der Waals surface area contributed by atoms with Crippen LogP contribution in [-0.4, -0.2) is 17.1 Å². The van der Waals surface area contributed by atoms with Crippen LogP contribution < -0.4 is 11.1 Å². The van der Waals surface area contributed by atoms with Crippen LogP contribution in [0, 0.1) is 0 Å². The molecular weight excluding hydrogens is 366 g/mol. The van der Waals surface area contributed by atoms with Gasteiger partial charge in [-0.25, -0.2) is 0 Å². The molecule has 0 unspecified atom stereocenters. The number of carbonyl (C=O) groups excluding carboxylic acids is 1. The van der Waals surface area contributed by atoms with Crippen molar-refractivity contribution >= 4 is 23.4 Å². The largest absolute Gasteiger partial charge is 0.454 e. The van der Waals surface area contributed by atoms with Crippen LogP contribution in [0.25, 0.3) is 22.8 Å². The molecule has 1 aliphatic rings. The zero-order valence-electron chi connectivity index (χ0n) is 14.7. The van der Waals surface area contributed by atoms with Crippen molar-refractivity contribution in [2.24, 2.45) is 0 Å². The lowest BCUT2D eigenvalue weighted by molar-refractivity contribution is 0.0928. The first-order valence-corrected chi connectivity index (χ1v) is 9.42. The van der Waals surface area contributed by atoms with E-state index in [1.54, 1.807) is 24.3 Å². The third-order valence-electron chi connectivity index (χ3n) is 4.83. The second kappa shape index (κ2) is 7.48. The molecule has 1 fully saturated rings. The number of nitrogen functional groups attached to an aromatic ring is 1. The molecule has 0 saturated heterocycles. The van der Waals surface area contributed by atoms with Gasteiger partial charge in [0.15, 0.2) is 11.5 Å². The first-order chi connectivity index (χ1) is 13.1. The van der Waals surface area contributed by atoms with Gasteiger partial charge in [-0.1, -0.05) is 48.2 Å². The van der Waals surface area contributed by atoms with E-state index in [-0.39, 0.29) is 23.4 Å². The minimum Gasteiger partial charge on any atom is -0.454 e. The third-order valence-corrected chi connectivity index (χ3v) is 5.07. The molecule has 2 aromatic heterocycles. The monoisotopic (exact) mass is 385 g/mol. The number of furan rings is 1. The maximum absolute atomic E-state index is 12.8. The molecule has 4 rings (SSSR count). The van der Waals surface area contributed by atoms with Gasteiger partial charge in [-0.05, 0) is 37.1 Å². The number of aromatic nitrogens is 1. The maximum atomic E-state index is 12.8. The van der Waals surface area contributed by atoms with Crippen molar-refractivity contribution in [1.29, 1.82) is 0 Å². The molecule has 27 heavy (non-hydrogen) atoms. The number of hydrogen-bond acceptors (Lipinski definition) is 5. The van der Waals surface area contributed by atoms with Crippen LogP contribution in [0.1, 0.15) is 42.5 Å². The molecule has 0 radical (unpaired) electrons. The molecule has 1 aliphatic carbocycles. The molecule has 0 aliphatic heterocycles. The van der Waals surface area contributed by atoms with Gasteiger partial charge in [-0.15, -0.1) is 0 Å². The minimum atomic E-state index is -0.281. The number of rotatable bonds is 4. The Kier molecular flexibility index (Phi) is 4.90. The molecule has 6 nitrogen and oxygen atoms in total. The lowest BCUT2D eigenvalue weighted by Gasteiger charge is -2.22. The standard InChI is InChI=1S/C20H20ClN3O3/c21-13-6-4-5-12(11-13)15-9-10-16(26-15)18-17(19(22)27-24-18)20(25)23-14-7-2-1-3-8-14/h4-6,9-11,14H,1-3,7-8,22H2,(H,23,25). The number of carbonyl (C=O) groups is 1. The lowest BCUT2D eigenvalue weighted by Crippen LogP contribution is -2.36. The number of hydrogen-bond donors (Lipinski definition) is 2. The predicted octanol–water partition coefficient (Wildman–Crippen LogP) is 4.90. The Balaban J connectivity index is 1.61. The number of nitrogens with one attached hydrogen (secondary N) is 1. The molecule has 0 spiro atoms. The highest BCUT2D eigenvalue weighted by molar-refractivity contribution is 6.30. The van der Waals surface area contributed by atoms with Crippen LogP contribution >= 0.6 is 11.6 Å². The highest BCUT2D eigenvalue weighted by Crippen LogP contribution is 2.33. The second-order valence-corrected chi connectivity index (χ2v) is 7.19. The van der Waals surface area contributed by atoms with Gasteiger partial charge in [-0.2, -0.15) is 0 Å². The quantitative estimate of drug-likeness (QED) is 0.666. The van der Waals surface area contributed by atoms with E-state index in [9.17, 15) is 4.79 Å². The summed E-state index contributed by atoms with van der Waals surface area (Å²) in [6, 6.07) is 11.0. The normalized spacial score (nSPS) is 15.0. The van der Waals surface area contributed by atoms with Crippen LogP contribution in [0.15, 0.2) is 45.3 Å². The SMILES string of the molecule is Nc1onc(-c2ccc(-c3cccc(Cl)c3)o2)c1C(=O)NC1CCCCC1. The van der Waals surface area contributed by atoms with Gasteiger partial charge in [0.1, 0.15) is 11.3 Å². The smallest absolute Gasteiger partial charge is 0.259 e. The summed E-state index contributed by atoms with van der Waals surface area (Å²) in [5.74, 6) is 0.738. The zero-order chi connectivity index (χ0) is 18.8. The number of nitrogens with two attached hydrogens (primary N) is 1. The fraction of sp³-hybridized carbons (Fsp3) is 0.300. The van der Waals surface area contributed by atoms with Crippen molar-refractivity contribution in [3.05, 3.63) is 47.0 Å². The number of nitrogens with zero attached hydrogens (tertiary/aromatic N) is 1. The molecule has 0 bridgehead atoms. The maximum Gasteiger partial charge on any atom is 0.259 e. The van der Waals surface area contributed by atoms with E-state index < -0.39 is 0 Å². The van der Waals surface area contributed by atoms with Crippen molar-refractivity contribution in [1.82, 2.24) is 10.5 Å². The Morgan fingerprint density at radius 1 is 1.15 bits per heavy atom. The fourth-order valence-electron chi connectivity index (χ4n) is 3.46. The van der Waals surface area contributed by atoms with Gasteiger partial charge in [-0.3, -0.25) is 4.79 Å². The summed E-state index contributed by atoms with van der Waals surface area (Å²) >= 11 is 6.04. The Morgan fingerprint density at radius 2 is 1.93 bits per heavy atom. The van der Waals surface area contributed by atoms with E-state index >= 15 is 0 Å². The van der Waals surface area contributed by atoms with Crippen molar-refractivity contribution in [3.8, 4) is 22.8 Å². The highest BCUT2D eigenvalue weighted by Gasteiger charge is 2.27. The van der Waals surface area contributed by atoms with E-state index in [1.807, 2.05) is 12.1 Å². The topological polar surface area (TPSA) is 94.3 Å². The lowest BCUT2D eigenvalue weighted by atomic mass is 9.95. The molecule has 3 N–H and O–H groups in total. The number of benzene rings is 1. The number of halogens is 1. The predicted molar refractivity (Wildman–Crippen MR) is 103 cm³/mol. The number of amides is 1. The average molecular weight is 386 g/mol. The van der Waals surface area contributed by atoms with Gasteiger partial charge in [0, 0.05) is 16.6 Å². The van der Waals surface area contributed by atoms with Crippen molar-refractivity contribution in [3.63, 3.8) is 0 Å². The van der Waals surface area contributed by atoms with E-state index in [2.05, 4.69) is 10.5 Å². The van der Waals surface area contributed by atoms with Gasteiger partial charge >= 0.3 is 0 Å². The van der Waals surface area contributed by atoms with Gasteiger partial charge in [0.25, 0.3) is 5.91 Å². The van der Waals surface area contributed by atoms with Crippen LogP contribution in [0.4, 0.5) is 5.88 Å². The molecule has 2 heterocycles. The molecule has 7 heteroatoms. The Labute approximate surface area is 161 Å². The molecule has 1 aromatic carbocycles. The Bertz CT molecular complexity index is 957. The van der Waals surface area contributed by atoms with Gasteiger partial charge in [0.05, 0.1) is 0 Å². The summed E-state index contributed by atoms with van der Waals surface area (Å²) in [6.07, 6.45) is 5.42. The molecule has 0 atom stereocenters. The summed E-state index contributed by atoms with van der Waals surface area (Å²) in [6.45, 7) is 0. The average Bonchev–Trinajstić information content (AvgIpc) is 3.29. The highest BCUT2D eigenvalue weighted by atomic mass is 35.5. The Hall–Kier alpha value is -2.73.